The van der Waals surface area contributed by atoms with Crippen LogP contribution in [-0.2, 0) is 0 Å². The third-order valence-electron chi connectivity index (χ3n) is 1.05. The lowest BCUT2D eigenvalue weighted by molar-refractivity contribution is 0.469. The van der Waals surface area contributed by atoms with Gasteiger partial charge in [-0.3, -0.25) is 0 Å². The monoisotopic (exact) mass is 136 g/mol. The fraction of sp³-hybridized carbons (Fsp3) is 0. The van der Waals surface area contributed by atoms with E-state index in [1.807, 2.05) is 0 Å². The van der Waals surface area contributed by atoms with E-state index in [9.17, 15) is 4.39 Å². The summed E-state index contributed by atoms with van der Waals surface area (Å²) in [6.07, 6.45) is 4.96. The molecule has 0 unspecified atom stereocenters. The van der Waals surface area contributed by atoms with Crippen molar-refractivity contribution >= 4 is 0 Å². The quantitative estimate of drug-likeness (QED) is 0.536. The molecule has 10 heavy (non-hydrogen) atoms. The van der Waals surface area contributed by atoms with Gasteiger partial charge in [-0.2, -0.15) is 0 Å². The van der Waals surface area contributed by atoms with Gasteiger partial charge in [0, 0.05) is 11.6 Å². The minimum atomic E-state index is -0.520. The number of aromatic hydroxyl groups is 1. The summed E-state index contributed by atoms with van der Waals surface area (Å²) in [6.45, 7) is 0. The van der Waals surface area contributed by atoms with Gasteiger partial charge in [0.15, 0.2) is 0 Å². The number of terminal acetylenes is 1. The Balaban J connectivity index is 3.22. The molecule has 0 saturated carbocycles. The van der Waals surface area contributed by atoms with Crippen molar-refractivity contribution in [2.75, 3.05) is 0 Å². The van der Waals surface area contributed by atoms with Gasteiger partial charge in [0.25, 0.3) is 0 Å². The van der Waals surface area contributed by atoms with Gasteiger partial charge in [0.05, 0.1) is 0 Å². The third kappa shape index (κ3) is 1.26. The van der Waals surface area contributed by atoms with Crippen LogP contribution < -0.4 is 0 Å². The lowest BCUT2D eigenvalue weighted by atomic mass is 10.2. The lowest BCUT2D eigenvalue weighted by Gasteiger charge is -1.92. The smallest absolute Gasteiger partial charge is 0.128 e. The lowest BCUT2D eigenvalue weighted by Crippen LogP contribution is -1.77. The summed E-state index contributed by atoms with van der Waals surface area (Å²) in [6, 6.07) is 3.50. The highest BCUT2D eigenvalue weighted by molar-refractivity contribution is 5.38. The van der Waals surface area contributed by atoms with E-state index in [2.05, 4.69) is 5.92 Å². The fourth-order valence-electron chi connectivity index (χ4n) is 0.657. The van der Waals surface area contributed by atoms with Crippen molar-refractivity contribution in [1.82, 2.24) is 0 Å². The zero-order valence-corrected chi connectivity index (χ0v) is 5.13. The third-order valence-corrected chi connectivity index (χ3v) is 1.05. The van der Waals surface area contributed by atoms with Crippen LogP contribution in [0.5, 0.6) is 5.75 Å². The zero-order chi connectivity index (χ0) is 7.56. The second-order valence-corrected chi connectivity index (χ2v) is 1.84. The molecule has 0 fully saturated rings. The van der Waals surface area contributed by atoms with Crippen molar-refractivity contribution in [3.05, 3.63) is 29.6 Å². The number of phenols is 1. The summed E-state index contributed by atoms with van der Waals surface area (Å²) in [5.74, 6) is 1.54. The Morgan fingerprint density at radius 1 is 1.40 bits per heavy atom. The van der Waals surface area contributed by atoms with Crippen LogP contribution in [0.4, 0.5) is 4.39 Å². The second-order valence-electron chi connectivity index (χ2n) is 1.84. The van der Waals surface area contributed by atoms with Gasteiger partial charge < -0.3 is 5.11 Å². The van der Waals surface area contributed by atoms with E-state index >= 15 is 0 Å². The van der Waals surface area contributed by atoms with Gasteiger partial charge in [0.2, 0.25) is 0 Å². The summed E-state index contributed by atoms with van der Waals surface area (Å²) in [5, 5.41) is 8.79. The maximum absolute atomic E-state index is 12.4. The molecular weight excluding hydrogens is 131 g/mol. The van der Waals surface area contributed by atoms with E-state index in [0.29, 0.717) is 5.56 Å². The topological polar surface area (TPSA) is 20.2 Å². The molecule has 0 aromatic heterocycles. The van der Waals surface area contributed by atoms with Crippen molar-refractivity contribution in [2.24, 2.45) is 0 Å². The van der Waals surface area contributed by atoms with E-state index < -0.39 is 5.82 Å². The van der Waals surface area contributed by atoms with Crippen LogP contribution in [-0.4, -0.2) is 5.11 Å². The highest BCUT2D eigenvalue weighted by Gasteiger charge is 1.95. The molecular formula is C8H5FO. The molecule has 1 aromatic carbocycles. The standard InChI is InChI=1S/C8H5FO/c1-2-6-3-7(9)5-8(10)4-6/h1,3-5,10H. The summed E-state index contributed by atoms with van der Waals surface area (Å²) in [5.41, 5.74) is 0.345. The highest BCUT2D eigenvalue weighted by atomic mass is 19.1. The number of benzene rings is 1. The Kier molecular flexibility index (Phi) is 1.59. The van der Waals surface area contributed by atoms with Crippen LogP contribution >= 0.6 is 0 Å². The Morgan fingerprint density at radius 3 is 2.60 bits per heavy atom. The maximum atomic E-state index is 12.4. The second kappa shape index (κ2) is 2.40. The molecule has 0 aliphatic heterocycles. The normalized spacial score (nSPS) is 8.80. The molecule has 1 nitrogen and oxygen atoms in total. The zero-order valence-electron chi connectivity index (χ0n) is 5.13. The molecule has 0 aliphatic carbocycles. The average molecular weight is 136 g/mol. The first kappa shape index (κ1) is 6.63. The largest absolute Gasteiger partial charge is 0.508 e. The van der Waals surface area contributed by atoms with Gasteiger partial charge >= 0.3 is 0 Å². The first-order valence-electron chi connectivity index (χ1n) is 2.68. The number of hydrogen-bond donors (Lipinski definition) is 1. The van der Waals surface area contributed by atoms with Crippen molar-refractivity contribution in [1.29, 1.82) is 0 Å². The van der Waals surface area contributed by atoms with Gasteiger partial charge in [-0.25, -0.2) is 4.39 Å². The number of halogens is 1. The summed E-state index contributed by atoms with van der Waals surface area (Å²) in [7, 11) is 0. The van der Waals surface area contributed by atoms with Crippen LogP contribution in [0.25, 0.3) is 0 Å². The van der Waals surface area contributed by atoms with E-state index in [0.717, 1.165) is 6.07 Å². The highest BCUT2D eigenvalue weighted by Crippen LogP contribution is 2.12. The molecule has 0 spiro atoms. The fourth-order valence-corrected chi connectivity index (χ4v) is 0.657. The molecule has 0 atom stereocenters. The molecule has 0 heterocycles. The molecule has 1 aromatic rings. The van der Waals surface area contributed by atoms with E-state index in [1.54, 1.807) is 0 Å². The van der Waals surface area contributed by atoms with Gasteiger partial charge in [0.1, 0.15) is 11.6 Å². The Bertz CT molecular complexity index is 266. The SMILES string of the molecule is C#Cc1cc(O)cc(F)c1. The maximum Gasteiger partial charge on any atom is 0.128 e. The summed E-state index contributed by atoms with van der Waals surface area (Å²) >= 11 is 0. The van der Waals surface area contributed by atoms with Crippen LogP contribution in [0, 0.1) is 18.2 Å². The van der Waals surface area contributed by atoms with Crippen LogP contribution in [0.1, 0.15) is 5.56 Å². The number of phenolic OH excluding ortho intramolecular Hbond substituents is 1. The molecule has 1 rings (SSSR count). The molecule has 0 bridgehead atoms. The average Bonchev–Trinajstić information content (AvgIpc) is 1.85. The van der Waals surface area contributed by atoms with Crippen molar-refractivity contribution < 1.29 is 9.50 Å². The molecule has 50 valence electrons. The molecule has 1 N–H and O–H groups in total. The Labute approximate surface area is 58.1 Å². The minimum absolute atomic E-state index is 0.145. The van der Waals surface area contributed by atoms with Gasteiger partial charge in [-0.05, 0) is 12.1 Å². The van der Waals surface area contributed by atoms with Crippen LogP contribution in [0.15, 0.2) is 18.2 Å². The van der Waals surface area contributed by atoms with Crippen molar-refractivity contribution in [3.63, 3.8) is 0 Å². The van der Waals surface area contributed by atoms with Crippen LogP contribution in [0.2, 0.25) is 0 Å². The predicted molar refractivity (Wildman–Crippen MR) is 36.0 cm³/mol. The van der Waals surface area contributed by atoms with E-state index in [-0.39, 0.29) is 5.75 Å². The molecule has 0 radical (unpaired) electrons. The van der Waals surface area contributed by atoms with E-state index in [4.69, 9.17) is 11.5 Å². The molecule has 0 saturated heterocycles. The summed E-state index contributed by atoms with van der Waals surface area (Å²) in [4.78, 5) is 0. The van der Waals surface area contributed by atoms with Gasteiger partial charge in [-0.15, -0.1) is 6.42 Å². The molecule has 0 aliphatic rings. The molecule has 0 amide bonds. The predicted octanol–water partition coefficient (Wildman–Crippen LogP) is 1.51. The Hall–Kier alpha value is -1.49. The number of rotatable bonds is 0. The summed E-state index contributed by atoms with van der Waals surface area (Å²) < 4.78 is 12.4. The van der Waals surface area contributed by atoms with Crippen molar-refractivity contribution in [3.8, 4) is 18.1 Å². The Morgan fingerprint density at radius 2 is 2.10 bits per heavy atom. The van der Waals surface area contributed by atoms with Crippen molar-refractivity contribution in [2.45, 2.75) is 0 Å². The number of hydrogen-bond acceptors (Lipinski definition) is 1. The minimum Gasteiger partial charge on any atom is -0.508 e. The van der Waals surface area contributed by atoms with Crippen LogP contribution in [0.3, 0.4) is 0 Å². The van der Waals surface area contributed by atoms with E-state index in [1.165, 1.54) is 12.1 Å². The van der Waals surface area contributed by atoms with Gasteiger partial charge in [-0.1, -0.05) is 5.92 Å². The first-order chi connectivity index (χ1) is 4.72. The molecule has 2 heteroatoms. The first-order valence-corrected chi connectivity index (χ1v) is 2.68.